The van der Waals surface area contributed by atoms with Crippen LogP contribution < -0.4 is 0 Å². The molecule has 1 fully saturated rings. The Morgan fingerprint density at radius 1 is 0.793 bits per heavy atom. The van der Waals surface area contributed by atoms with Gasteiger partial charge in [-0.2, -0.15) is 0 Å². The van der Waals surface area contributed by atoms with Crippen molar-refractivity contribution < 1.29 is 9.90 Å². The lowest BCUT2D eigenvalue weighted by molar-refractivity contribution is -0.139. The Morgan fingerprint density at radius 2 is 1.31 bits per heavy atom. The minimum Gasteiger partial charge on any atom is -0.480 e. The van der Waals surface area contributed by atoms with E-state index in [0.29, 0.717) is 6.04 Å². The molecule has 0 aliphatic heterocycles. The Kier molecular flexibility index (Phi) is 17.3. The van der Waals surface area contributed by atoms with E-state index in [-0.39, 0.29) is 6.54 Å². The number of hydrogen-bond donors (Lipinski definition) is 1. The van der Waals surface area contributed by atoms with Crippen LogP contribution in [0.5, 0.6) is 0 Å². The third-order valence-corrected chi connectivity index (χ3v) is 6.39. The highest BCUT2D eigenvalue weighted by molar-refractivity contribution is 5.69. The molecule has 1 aliphatic carbocycles. The normalized spacial score (nSPS) is 15.5. The Labute approximate surface area is 181 Å². The van der Waals surface area contributed by atoms with Crippen molar-refractivity contribution in [1.82, 2.24) is 4.90 Å². The smallest absolute Gasteiger partial charge is 0.317 e. The van der Waals surface area contributed by atoms with Crippen molar-refractivity contribution in [2.24, 2.45) is 0 Å². The van der Waals surface area contributed by atoms with Crippen molar-refractivity contribution in [3.8, 4) is 0 Å². The predicted octanol–water partition coefficient (Wildman–Crippen LogP) is 7.74. The second kappa shape index (κ2) is 19.2. The van der Waals surface area contributed by atoms with Crippen molar-refractivity contribution in [2.75, 3.05) is 13.1 Å². The SMILES string of the molecule is CCCCCCCC/C=C\CCCCCCCCN(CC(=O)O)C1CCCCC1. The van der Waals surface area contributed by atoms with Crippen LogP contribution in [0.3, 0.4) is 0 Å². The van der Waals surface area contributed by atoms with Gasteiger partial charge in [-0.05, 0) is 51.5 Å². The number of aliphatic carboxylic acids is 1. The lowest BCUT2D eigenvalue weighted by atomic mass is 9.94. The van der Waals surface area contributed by atoms with Gasteiger partial charge in [0.1, 0.15) is 0 Å². The Morgan fingerprint density at radius 3 is 1.86 bits per heavy atom. The van der Waals surface area contributed by atoms with Gasteiger partial charge < -0.3 is 5.11 Å². The molecule has 0 bridgehead atoms. The zero-order valence-electron chi connectivity index (χ0n) is 19.4. The van der Waals surface area contributed by atoms with Crippen LogP contribution in [0.2, 0.25) is 0 Å². The van der Waals surface area contributed by atoms with Gasteiger partial charge in [-0.1, -0.05) is 96.1 Å². The standard InChI is InChI=1S/C26H49NO2/c1-2-3-4-5-6-7-8-9-10-11-12-13-14-15-16-20-23-27(24-26(28)29)25-21-18-17-19-22-25/h9-10,25H,2-8,11-24H2,1H3,(H,28,29)/b10-9-. The zero-order valence-corrected chi connectivity index (χ0v) is 19.4. The van der Waals surface area contributed by atoms with E-state index in [9.17, 15) is 9.90 Å². The lowest BCUT2D eigenvalue weighted by Crippen LogP contribution is -2.40. The molecule has 0 radical (unpaired) electrons. The van der Waals surface area contributed by atoms with Crippen LogP contribution in [-0.2, 0) is 4.79 Å². The maximum Gasteiger partial charge on any atom is 0.317 e. The summed E-state index contributed by atoms with van der Waals surface area (Å²) in [6.07, 6.45) is 29.5. The maximum atomic E-state index is 11.2. The third-order valence-electron chi connectivity index (χ3n) is 6.39. The maximum absolute atomic E-state index is 11.2. The van der Waals surface area contributed by atoms with Crippen LogP contribution in [0, 0.1) is 0 Å². The van der Waals surface area contributed by atoms with Gasteiger partial charge in [0.25, 0.3) is 0 Å². The average molecular weight is 408 g/mol. The molecule has 1 aliphatic rings. The number of unbranched alkanes of at least 4 members (excludes halogenated alkanes) is 12. The number of allylic oxidation sites excluding steroid dienone is 2. The fraction of sp³-hybridized carbons (Fsp3) is 0.885. The van der Waals surface area contributed by atoms with Crippen molar-refractivity contribution >= 4 is 5.97 Å². The molecule has 0 saturated heterocycles. The Bertz CT molecular complexity index is 402. The van der Waals surface area contributed by atoms with E-state index in [4.69, 9.17) is 0 Å². The van der Waals surface area contributed by atoms with Crippen LogP contribution >= 0.6 is 0 Å². The second-order valence-corrected chi connectivity index (χ2v) is 9.09. The van der Waals surface area contributed by atoms with E-state index in [0.717, 1.165) is 13.0 Å². The molecule has 3 nitrogen and oxygen atoms in total. The van der Waals surface area contributed by atoms with Crippen molar-refractivity contribution in [2.45, 2.75) is 135 Å². The molecule has 1 rings (SSSR count). The molecule has 0 spiro atoms. The monoisotopic (exact) mass is 407 g/mol. The molecule has 0 amide bonds. The molecule has 0 aromatic rings. The predicted molar refractivity (Wildman–Crippen MR) is 126 cm³/mol. The summed E-state index contributed by atoms with van der Waals surface area (Å²) in [6.45, 7) is 3.48. The molecule has 29 heavy (non-hydrogen) atoms. The molecule has 170 valence electrons. The highest BCUT2D eigenvalue weighted by atomic mass is 16.4. The fourth-order valence-electron chi connectivity index (χ4n) is 4.57. The summed E-state index contributed by atoms with van der Waals surface area (Å²) in [6, 6.07) is 0.517. The third kappa shape index (κ3) is 15.6. The van der Waals surface area contributed by atoms with E-state index in [1.807, 2.05) is 0 Å². The summed E-state index contributed by atoms with van der Waals surface area (Å²) in [5.41, 5.74) is 0. The second-order valence-electron chi connectivity index (χ2n) is 9.09. The van der Waals surface area contributed by atoms with Gasteiger partial charge >= 0.3 is 5.97 Å². The molecular weight excluding hydrogens is 358 g/mol. The van der Waals surface area contributed by atoms with Gasteiger partial charge in [0.2, 0.25) is 0 Å². The Hall–Kier alpha value is -0.830. The first-order chi connectivity index (χ1) is 14.2. The van der Waals surface area contributed by atoms with Gasteiger partial charge in [0.05, 0.1) is 6.54 Å². The summed E-state index contributed by atoms with van der Waals surface area (Å²) in [5.74, 6) is -0.667. The summed E-state index contributed by atoms with van der Waals surface area (Å²) in [7, 11) is 0. The van der Waals surface area contributed by atoms with Gasteiger partial charge in [0, 0.05) is 6.04 Å². The Balaban J connectivity index is 1.92. The van der Waals surface area contributed by atoms with Crippen LogP contribution in [0.1, 0.15) is 129 Å². The number of carbonyl (C=O) groups is 1. The average Bonchev–Trinajstić information content (AvgIpc) is 2.73. The molecule has 0 atom stereocenters. The minimum atomic E-state index is -0.667. The first-order valence-electron chi connectivity index (χ1n) is 12.8. The summed E-state index contributed by atoms with van der Waals surface area (Å²) < 4.78 is 0. The van der Waals surface area contributed by atoms with Crippen molar-refractivity contribution in [3.05, 3.63) is 12.2 Å². The van der Waals surface area contributed by atoms with E-state index in [1.54, 1.807) is 0 Å². The van der Waals surface area contributed by atoms with Gasteiger partial charge in [0.15, 0.2) is 0 Å². The first-order valence-corrected chi connectivity index (χ1v) is 12.8. The quantitative estimate of drug-likeness (QED) is 0.176. The van der Waals surface area contributed by atoms with E-state index >= 15 is 0 Å². The van der Waals surface area contributed by atoms with E-state index < -0.39 is 5.97 Å². The molecule has 0 aromatic heterocycles. The van der Waals surface area contributed by atoms with Crippen LogP contribution in [0.4, 0.5) is 0 Å². The highest BCUT2D eigenvalue weighted by Crippen LogP contribution is 2.23. The highest BCUT2D eigenvalue weighted by Gasteiger charge is 2.22. The number of carboxylic acid groups (broad SMARTS) is 1. The molecule has 1 saturated carbocycles. The largest absolute Gasteiger partial charge is 0.480 e. The molecule has 0 unspecified atom stereocenters. The molecular formula is C26H49NO2. The van der Waals surface area contributed by atoms with Crippen LogP contribution in [0.25, 0.3) is 0 Å². The summed E-state index contributed by atoms with van der Waals surface area (Å²) in [5, 5.41) is 9.20. The fourth-order valence-corrected chi connectivity index (χ4v) is 4.57. The van der Waals surface area contributed by atoms with Gasteiger partial charge in [-0.3, -0.25) is 9.69 Å². The number of carboxylic acids is 1. The first kappa shape index (κ1) is 26.2. The van der Waals surface area contributed by atoms with E-state index in [1.165, 1.54) is 116 Å². The van der Waals surface area contributed by atoms with Crippen LogP contribution in [-0.4, -0.2) is 35.1 Å². The molecule has 0 aromatic carbocycles. The van der Waals surface area contributed by atoms with Gasteiger partial charge in [-0.15, -0.1) is 0 Å². The number of nitrogens with zero attached hydrogens (tertiary/aromatic N) is 1. The molecule has 1 N–H and O–H groups in total. The van der Waals surface area contributed by atoms with Gasteiger partial charge in [-0.25, -0.2) is 0 Å². The zero-order chi connectivity index (χ0) is 21.0. The minimum absolute atomic E-state index is 0.232. The molecule has 3 heteroatoms. The van der Waals surface area contributed by atoms with Crippen molar-refractivity contribution in [1.29, 1.82) is 0 Å². The summed E-state index contributed by atoms with van der Waals surface area (Å²) in [4.78, 5) is 13.4. The number of rotatable bonds is 19. The topological polar surface area (TPSA) is 40.5 Å². The number of hydrogen-bond acceptors (Lipinski definition) is 2. The van der Waals surface area contributed by atoms with E-state index in [2.05, 4.69) is 24.0 Å². The van der Waals surface area contributed by atoms with Crippen LogP contribution in [0.15, 0.2) is 12.2 Å². The lowest BCUT2D eigenvalue weighted by Gasteiger charge is -2.33. The molecule has 0 heterocycles. The summed E-state index contributed by atoms with van der Waals surface area (Å²) >= 11 is 0. The van der Waals surface area contributed by atoms with Crippen molar-refractivity contribution in [3.63, 3.8) is 0 Å².